The molecular weight excluding hydrogens is 392 g/mol. The minimum Gasteiger partial charge on any atom is -0.506 e. The highest BCUT2D eigenvalue weighted by Gasteiger charge is 2.26. The minimum atomic E-state index is -1.25. The number of unbranched alkanes of at least 4 members (excludes halogenated alkanes) is 7. The Morgan fingerprint density at radius 1 is 1.00 bits per heavy atom. The monoisotopic (exact) mass is 436 g/mol. The molecule has 3 atom stereocenters. The van der Waals surface area contributed by atoms with Crippen LogP contribution in [0.2, 0.25) is 0 Å². The summed E-state index contributed by atoms with van der Waals surface area (Å²) in [7, 11) is 0. The van der Waals surface area contributed by atoms with Crippen molar-refractivity contribution in [3.63, 3.8) is 0 Å². The van der Waals surface area contributed by atoms with Crippen molar-refractivity contribution in [3.05, 3.63) is 11.5 Å². The largest absolute Gasteiger partial charge is 0.506 e. The van der Waals surface area contributed by atoms with E-state index in [0.29, 0.717) is 24.7 Å². The molecule has 0 aromatic heterocycles. The summed E-state index contributed by atoms with van der Waals surface area (Å²) in [5, 5.41) is 30.0. The smallest absolute Gasteiger partial charge is 0.377 e. The second-order valence-electron chi connectivity index (χ2n) is 8.81. The van der Waals surface area contributed by atoms with Crippen LogP contribution in [0, 0.1) is 23.7 Å². The van der Waals surface area contributed by atoms with Crippen LogP contribution < -0.4 is 0 Å². The molecule has 0 aromatic carbocycles. The summed E-state index contributed by atoms with van der Waals surface area (Å²) in [5.41, 5.74) is 0. The molecule has 0 aromatic rings. The van der Waals surface area contributed by atoms with Gasteiger partial charge in [0.05, 0.1) is 6.61 Å². The molecule has 0 radical (unpaired) electrons. The highest BCUT2D eigenvalue weighted by atomic mass is 16.5. The molecule has 0 amide bonds. The first kappa shape index (κ1) is 27.4. The van der Waals surface area contributed by atoms with Gasteiger partial charge in [-0.1, -0.05) is 71.1 Å². The van der Waals surface area contributed by atoms with Gasteiger partial charge >= 0.3 is 5.97 Å². The molecule has 5 heteroatoms. The number of carbonyl (C=O) groups is 1. The summed E-state index contributed by atoms with van der Waals surface area (Å²) < 4.78 is 4.96. The van der Waals surface area contributed by atoms with Gasteiger partial charge in [-0.25, -0.2) is 4.79 Å². The Kier molecular flexibility index (Phi) is 15.0. The molecular formula is C26H44O5. The van der Waals surface area contributed by atoms with Crippen molar-refractivity contribution in [3.8, 4) is 11.8 Å². The number of aliphatic hydroxyl groups is 3. The average molecular weight is 437 g/mol. The van der Waals surface area contributed by atoms with Crippen LogP contribution >= 0.6 is 0 Å². The predicted molar refractivity (Wildman–Crippen MR) is 125 cm³/mol. The van der Waals surface area contributed by atoms with E-state index >= 15 is 0 Å². The Labute approximate surface area is 189 Å². The van der Waals surface area contributed by atoms with E-state index in [4.69, 9.17) is 4.74 Å². The van der Waals surface area contributed by atoms with Gasteiger partial charge in [0.15, 0.2) is 5.76 Å². The highest BCUT2D eigenvalue weighted by Crippen LogP contribution is 2.35. The summed E-state index contributed by atoms with van der Waals surface area (Å²) >= 11 is 0. The Bertz CT molecular complexity index is 586. The van der Waals surface area contributed by atoms with E-state index in [-0.39, 0.29) is 6.61 Å². The van der Waals surface area contributed by atoms with Gasteiger partial charge in [0.2, 0.25) is 5.76 Å². The quantitative estimate of drug-likeness (QED) is 0.0914. The van der Waals surface area contributed by atoms with E-state index in [0.717, 1.165) is 51.4 Å². The lowest BCUT2D eigenvalue weighted by Gasteiger charge is -2.16. The molecule has 0 aliphatic heterocycles. The van der Waals surface area contributed by atoms with Crippen LogP contribution in [0.1, 0.15) is 110 Å². The van der Waals surface area contributed by atoms with Gasteiger partial charge in [-0.15, -0.1) is 5.92 Å². The molecule has 1 fully saturated rings. The van der Waals surface area contributed by atoms with Crippen LogP contribution in [-0.2, 0) is 9.53 Å². The normalized spacial score (nSPS) is 20.0. The molecule has 1 rings (SSSR count). The fourth-order valence-electron chi connectivity index (χ4n) is 4.15. The first-order valence-electron chi connectivity index (χ1n) is 12.5. The molecule has 0 unspecified atom stereocenters. The first-order chi connectivity index (χ1) is 15.0. The van der Waals surface area contributed by atoms with Crippen molar-refractivity contribution in [2.75, 3.05) is 6.61 Å². The van der Waals surface area contributed by atoms with E-state index in [1.165, 1.54) is 32.1 Å². The van der Waals surface area contributed by atoms with Crippen molar-refractivity contribution in [2.45, 2.75) is 116 Å². The molecule has 0 spiro atoms. The number of carbonyl (C=O) groups excluding carboxylic acids is 1. The second kappa shape index (κ2) is 17.0. The summed E-state index contributed by atoms with van der Waals surface area (Å²) in [4.78, 5) is 11.8. The number of rotatable bonds is 15. The molecule has 1 aliphatic carbocycles. The molecule has 31 heavy (non-hydrogen) atoms. The van der Waals surface area contributed by atoms with E-state index in [1.54, 1.807) is 0 Å². The molecule has 1 aliphatic rings. The second-order valence-corrected chi connectivity index (χ2v) is 8.81. The Morgan fingerprint density at radius 2 is 1.71 bits per heavy atom. The number of ether oxygens (including phenoxy) is 1. The summed E-state index contributed by atoms with van der Waals surface area (Å²) in [5.74, 6) is 5.24. The van der Waals surface area contributed by atoms with Crippen LogP contribution in [0.4, 0.5) is 0 Å². The van der Waals surface area contributed by atoms with Crippen LogP contribution in [0.25, 0.3) is 0 Å². The van der Waals surface area contributed by atoms with Gasteiger partial charge in [-0.3, -0.25) is 0 Å². The molecule has 1 saturated carbocycles. The fraction of sp³-hybridized carbons (Fsp3) is 0.808. The zero-order valence-electron chi connectivity index (χ0n) is 19.7. The number of hydrogen-bond donors (Lipinski definition) is 3. The van der Waals surface area contributed by atoms with Gasteiger partial charge in [-0.05, 0) is 44.4 Å². The molecule has 0 saturated heterocycles. The molecule has 3 N–H and O–H groups in total. The highest BCUT2D eigenvalue weighted by molar-refractivity contribution is 5.86. The maximum Gasteiger partial charge on any atom is 0.377 e. The molecule has 178 valence electrons. The maximum absolute atomic E-state index is 11.8. The molecule has 0 heterocycles. The summed E-state index contributed by atoms with van der Waals surface area (Å²) in [6.45, 7) is 4.51. The molecule has 5 nitrogen and oxygen atoms in total. The lowest BCUT2D eigenvalue weighted by atomic mass is 9.90. The van der Waals surface area contributed by atoms with Gasteiger partial charge in [0.1, 0.15) is 6.10 Å². The van der Waals surface area contributed by atoms with Crippen LogP contribution in [0.5, 0.6) is 0 Å². The average Bonchev–Trinajstić information content (AvgIpc) is 3.21. The Hall–Kier alpha value is -1.67. The third-order valence-corrected chi connectivity index (χ3v) is 6.14. The predicted octanol–water partition coefficient (Wildman–Crippen LogP) is 6.36. The lowest BCUT2D eigenvalue weighted by Crippen LogP contribution is -2.19. The van der Waals surface area contributed by atoms with Gasteiger partial charge in [-0.2, -0.15) is 0 Å². The first-order valence-corrected chi connectivity index (χ1v) is 12.5. The minimum absolute atomic E-state index is 0.203. The lowest BCUT2D eigenvalue weighted by molar-refractivity contribution is -0.142. The standard InChI is InChI=1S/C26H44O5/c1-3-5-7-9-10-11-15-21-16-13-17-22(21)18-14-19-23(27)24(28)25(29)26(30)31-20-12-8-6-4-2/h21-23,27-29H,3-10,12-14,16-20H2,1-2H3/t21-,22+,23-/m0/s1. The zero-order valence-corrected chi connectivity index (χ0v) is 19.7. The van der Waals surface area contributed by atoms with E-state index < -0.39 is 23.6 Å². The Balaban J connectivity index is 2.34. The number of hydrogen-bond acceptors (Lipinski definition) is 5. The van der Waals surface area contributed by atoms with Crippen molar-refractivity contribution in [2.24, 2.45) is 11.8 Å². The number of aliphatic hydroxyl groups excluding tert-OH is 3. The van der Waals surface area contributed by atoms with Crippen LogP contribution in [-0.4, -0.2) is 34.0 Å². The van der Waals surface area contributed by atoms with E-state index in [1.807, 2.05) is 0 Å². The van der Waals surface area contributed by atoms with Crippen molar-refractivity contribution < 1.29 is 24.9 Å². The van der Waals surface area contributed by atoms with Gasteiger partial charge in [0.25, 0.3) is 0 Å². The Morgan fingerprint density at radius 3 is 2.42 bits per heavy atom. The van der Waals surface area contributed by atoms with Crippen molar-refractivity contribution in [1.29, 1.82) is 0 Å². The fourth-order valence-corrected chi connectivity index (χ4v) is 4.15. The topological polar surface area (TPSA) is 87.0 Å². The van der Waals surface area contributed by atoms with Crippen molar-refractivity contribution in [1.82, 2.24) is 0 Å². The summed E-state index contributed by atoms with van der Waals surface area (Å²) in [6.07, 6.45) is 14.0. The van der Waals surface area contributed by atoms with E-state index in [9.17, 15) is 20.1 Å². The van der Waals surface area contributed by atoms with Gasteiger partial charge in [0, 0.05) is 12.3 Å². The SMILES string of the molecule is CCCCCCC#C[C@H]1CCC[C@@H]1CCC[C@H](O)C(O)=C(O)C(=O)OCCCCCC. The summed E-state index contributed by atoms with van der Waals surface area (Å²) in [6, 6.07) is 0. The van der Waals surface area contributed by atoms with Crippen molar-refractivity contribution >= 4 is 5.97 Å². The third-order valence-electron chi connectivity index (χ3n) is 6.14. The third kappa shape index (κ3) is 11.5. The molecule has 0 bridgehead atoms. The maximum atomic E-state index is 11.8. The van der Waals surface area contributed by atoms with E-state index in [2.05, 4.69) is 25.7 Å². The van der Waals surface area contributed by atoms with Gasteiger partial charge < -0.3 is 20.1 Å². The number of esters is 1. The zero-order chi connectivity index (χ0) is 22.9. The van der Waals surface area contributed by atoms with Crippen LogP contribution in [0.15, 0.2) is 11.5 Å². The van der Waals surface area contributed by atoms with Crippen LogP contribution in [0.3, 0.4) is 0 Å².